The monoisotopic (exact) mass is 299 g/mol. The van der Waals surface area contributed by atoms with E-state index in [0.717, 1.165) is 11.1 Å². The van der Waals surface area contributed by atoms with Crippen LogP contribution in [-0.2, 0) is 9.59 Å². The van der Waals surface area contributed by atoms with E-state index in [1.807, 2.05) is 45.0 Å². The molecule has 1 aromatic rings. The van der Waals surface area contributed by atoms with Gasteiger partial charge in [-0.2, -0.15) is 0 Å². The highest BCUT2D eigenvalue weighted by Crippen LogP contribution is 2.15. The molecule has 0 aliphatic carbocycles. The maximum Gasteiger partial charge on any atom is 0.244 e. The number of halogens is 1. The van der Waals surface area contributed by atoms with Gasteiger partial charge in [-0.3, -0.25) is 9.59 Å². The number of hydrogen-bond donors (Lipinski definition) is 2. The lowest BCUT2D eigenvalue weighted by atomic mass is 10.0. The molecule has 2 amide bonds. The van der Waals surface area contributed by atoms with Gasteiger partial charge in [0.05, 0.1) is 6.54 Å². The molecule has 5 nitrogen and oxygen atoms in total. The third kappa shape index (κ3) is 4.83. The molecule has 0 aliphatic heterocycles. The molecule has 0 aromatic heterocycles. The van der Waals surface area contributed by atoms with Crippen molar-refractivity contribution < 1.29 is 9.59 Å². The molecule has 0 saturated heterocycles. The first-order valence-corrected chi connectivity index (χ1v) is 6.24. The van der Waals surface area contributed by atoms with Crippen molar-refractivity contribution in [2.75, 3.05) is 6.54 Å². The fourth-order valence-corrected chi connectivity index (χ4v) is 1.78. The summed E-state index contributed by atoms with van der Waals surface area (Å²) >= 11 is 0. The second-order valence-electron chi connectivity index (χ2n) is 4.91. The van der Waals surface area contributed by atoms with Crippen LogP contribution in [-0.4, -0.2) is 29.3 Å². The second-order valence-corrected chi connectivity index (χ2v) is 4.91. The van der Waals surface area contributed by atoms with Crippen molar-refractivity contribution in [2.24, 2.45) is 11.5 Å². The van der Waals surface area contributed by atoms with Crippen molar-refractivity contribution in [3.05, 3.63) is 35.4 Å². The molecule has 1 unspecified atom stereocenters. The molecular weight excluding hydrogens is 278 g/mol. The maximum absolute atomic E-state index is 12.3. The second kappa shape index (κ2) is 7.87. The summed E-state index contributed by atoms with van der Waals surface area (Å²) in [6.07, 6.45) is 0. The minimum atomic E-state index is -0.776. The summed E-state index contributed by atoms with van der Waals surface area (Å²) in [5.41, 5.74) is 12.9. The van der Waals surface area contributed by atoms with Crippen molar-refractivity contribution in [1.82, 2.24) is 4.90 Å². The van der Waals surface area contributed by atoms with Gasteiger partial charge >= 0.3 is 0 Å². The van der Waals surface area contributed by atoms with Crippen LogP contribution >= 0.6 is 12.4 Å². The van der Waals surface area contributed by atoms with Crippen LogP contribution in [0.2, 0.25) is 0 Å². The third-order valence-corrected chi connectivity index (χ3v) is 2.94. The van der Waals surface area contributed by atoms with Crippen LogP contribution in [0.15, 0.2) is 24.3 Å². The zero-order chi connectivity index (χ0) is 14.6. The number of amides is 2. The number of hydrogen-bond acceptors (Lipinski definition) is 3. The Hall–Kier alpha value is -1.59. The van der Waals surface area contributed by atoms with Gasteiger partial charge in [-0.15, -0.1) is 12.4 Å². The first-order chi connectivity index (χ1) is 8.82. The number of nitrogens with two attached hydrogens (primary N) is 2. The fourth-order valence-electron chi connectivity index (χ4n) is 1.78. The van der Waals surface area contributed by atoms with Gasteiger partial charge in [0.1, 0.15) is 6.04 Å². The molecule has 1 rings (SSSR count). The lowest BCUT2D eigenvalue weighted by Gasteiger charge is -2.28. The number of carbonyl (C=O) groups is 2. The minimum absolute atomic E-state index is 0. The molecule has 1 aromatic carbocycles. The Kier molecular flexibility index (Phi) is 7.24. The summed E-state index contributed by atoms with van der Waals surface area (Å²) in [6.45, 7) is 5.49. The van der Waals surface area contributed by atoms with Gasteiger partial charge in [0.25, 0.3) is 0 Å². The average Bonchev–Trinajstić information content (AvgIpc) is 2.34. The summed E-state index contributed by atoms with van der Waals surface area (Å²) in [7, 11) is 0. The number of primary amides is 1. The Bertz CT molecular complexity index is 460. The van der Waals surface area contributed by atoms with E-state index in [2.05, 4.69) is 0 Å². The molecular formula is C14H22ClN3O2. The fraction of sp³-hybridized carbons (Fsp3) is 0.429. The lowest BCUT2D eigenvalue weighted by molar-refractivity contribution is -0.138. The van der Waals surface area contributed by atoms with Gasteiger partial charge in [0.2, 0.25) is 11.8 Å². The summed E-state index contributed by atoms with van der Waals surface area (Å²) in [6, 6.07) is 6.53. The van der Waals surface area contributed by atoms with E-state index in [0.29, 0.717) is 0 Å². The third-order valence-electron chi connectivity index (χ3n) is 2.94. The highest BCUT2D eigenvalue weighted by Gasteiger charge is 2.25. The van der Waals surface area contributed by atoms with E-state index in [1.54, 1.807) is 0 Å². The van der Waals surface area contributed by atoms with E-state index in [9.17, 15) is 9.59 Å². The predicted molar refractivity (Wildman–Crippen MR) is 81.4 cm³/mol. The van der Waals surface area contributed by atoms with E-state index in [-0.39, 0.29) is 30.9 Å². The van der Waals surface area contributed by atoms with E-state index in [4.69, 9.17) is 11.5 Å². The Labute approximate surface area is 125 Å². The van der Waals surface area contributed by atoms with Crippen LogP contribution in [0, 0.1) is 6.92 Å². The molecule has 0 spiro atoms. The van der Waals surface area contributed by atoms with Gasteiger partial charge in [-0.1, -0.05) is 29.8 Å². The van der Waals surface area contributed by atoms with Gasteiger partial charge < -0.3 is 16.4 Å². The molecule has 20 heavy (non-hydrogen) atoms. The van der Waals surface area contributed by atoms with Gasteiger partial charge in [-0.25, -0.2) is 0 Å². The molecule has 0 fully saturated rings. The highest BCUT2D eigenvalue weighted by molar-refractivity contribution is 5.87. The Morgan fingerprint density at radius 3 is 2.10 bits per heavy atom. The number of benzene rings is 1. The van der Waals surface area contributed by atoms with Gasteiger partial charge in [-0.05, 0) is 26.3 Å². The lowest BCUT2D eigenvalue weighted by Crippen LogP contribution is -2.46. The smallest absolute Gasteiger partial charge is 0.244 e. The number of rotatable bonds is 5. The summed E-state index contributed by atoms with van der Waals surface area (Å²) in [4.78, 5) is 24.7. The number of carbonyl (C=O) groups excluding carboxylic acids is 2. The van der Waals surface area contributed by atoms with Gasteiger partial charge in [0.15, 0.2) is 0 Å². The van der Waals surface area contributed by atoms with Crippen LogP contribution in [0.3, 0.4) is 0 Å². The van der Waals surface area contributed by atoms with Crippen molar-refractivity contribution in [3.8, 4) is 0 Å². The normalized spacial score (nSPS) is 11.7. The maximum atomic E-state index is 12.3. The largest absolute Gasteiger partial charge is 0.368 e. The molecule has 0 radical (unpaired) electrons. The summed E-state index contributed by atoms with van der Waals surface area (Å²) in [5.74, 6) is -0.837. The highest BCUT2D eigenvalue weighted by atomic mass is 35.5. The average molecular weight is 300 g/mol. The van der Waals surface area contributed by atoms with E-state index < -0.39 is 11.9 Å². The number of aryl methyl sites for hydroxylation is 1. The molecule has 0 bridgehead atoms. The first kappa shape index (κ1) is 18.4. The zero-order valence-corrected chi connectivity index (χ0v) is 12.8. The topological polar surface area (TPSA) is 89.4 Å². The first-order valence-electron chi connectivity index (χ1n) is 6.24. The number of nitrogens with zero attached hydrogens (tertiary/aromatic N) is 1. The molecule has 4 N–H and O–H groups in total. The Morgan fingerprint density at radius 1 is 1.20 bits per heavy atom. The standard InChI is InChI=1S/C14H21N3O2.ClH/c1-9(2)17(8-12(15)18)14(19)13(16)11-6-4-10(3)5-7-11;/h4-7,9,13H,8,16H2,1-3H3,(H2,15,18);1H. The summed E-state index contributed by atoms with van der Waals surface area (Å²) < 4.78 is 0. The van der Waals surface area contributed by atoms with Crippen LogP contribution < -0.4 is 11.5 Å². The van der Waals surface area contributed by atoms with Crippen LogP contribution in [0.25, 0.3) is 0 Å². The van der Waals surface area contributed by atoms with Crippen LogP contribution in [0.5, 0.6) is 0 Å². The van der Waals surface area contributed by atoms with Crippen LogP contribution in [0.1, 0.15) is 31.0 Å². The minimum Gasteiger partial charge on any atom is -0.368 e. The summed E-state index contributed by atoms with van der Waals surface area (Å²) in [5, 5.41) is 0. The Balaban J connectivity index is 0.00000361. The molecule has 0 saturated carbocycles. The van der Waals surface area contributed by atoms with E-state index in [1.165, 1.54) is 4.90 Å². The molecule has 0 heterocycles. The van der Waals surface area contributed by atoms with E-state index >= 15 is 0 Å². The SMILES string of the molecule is Cc1ccc(C(N)C(=O)N(CC(N)=O)C(C)C)cc1.Cl. The van der Waals surface area contributed by atoms with Crippen molar-refractivity contribution in [1.29, 1.82) is 0 Å². The quantitative estimate of drug-likeness (QED) is 0.854. The zero-order valence-electron chi connectivity index (χ0n) is 12.0. The molecule has 1 atom stereocenters. The molecule has 112 valence electrons. The van der Waals surface area contributed by atoms with Crippen molar-refractivity contribution >= 4 is 24.2 Å². The molecule has 0 aliphatic rings. The molecule has 6 heteroatoms. The Morgan fingerprint density at radius 2 is 1.70 bits per heavy atom. The van der Waals surface area contributed by atoms with Crippen LogP contribution in [0.4, 0.5) is 0 Å². The van der Waals surface area contributed by atoms with Gasteiger partial charge in [0, 0.05) is 6.04 Å². The van der Waals surface area contributed by atoms with Crippen molar-refractivity contribution in [3.63, 3.8) is 0 Å². The van der Waals surface area contributed by atoms with Crippen molar-refractivity contribution in [2.45, 2.75) is 32.9 Å². The predicted octanol–water partition coefficient (Wildman–Crippen LogP) is 1.14.